The van der Waals surface area contributed by atoms with Crippen LogP contribution in [0.2, 0.25) is 5.02 Å². The van der Waals surface area contributed by atoms with Gasteiger partial charge in [-0.05, 0) is 60.2 Å². The van der Waals surface area contributed by atoms with Crippen molar-refractivity contribution in [2.24, 2.45) is 0 Å². The molecule has 0 atom stereocenters. The van der Waals surface area contributed by atoms with Gasteiger partial charge >= 0.3 is 5.97 Å². The number of esters is 1. The molecule has 7 heteroatoms. The minimum atomic E-state index is -0.696. The van der Waals surface area contributed by atoms with E-state index in [9.17, 15) is 14.0 Å². The third-order valence-corrected chi connectivity index (χ3v) is 4.93. The molecule has 0 unspecified atom stereocenters. The van der Waals surface area contributed by atoms with Crippen molar-refractivity contribution in [3.8, 4) is 11.5 Å². The summed E-state index contributed by atoms with van der Waals surface area (Å²) in [6, 6.07) is 16.7. The Labute approximate surface area is 180 Å². The number of Topliss-reactive ketones (excluding diaryl/α,β-unsaturated/α-hetero) is 1. The molecule has 3 aromatic carbocycles. The summed E-state index contributed by atoms with van der Waals surface area (Å²) in [5.41, 5.74) is 1.47. The lowest BCUT2D eigenvalue weighted by atomic mass is 10.1. The zero-order valence-corrected chi connectivity index (χ0v) is 16.5. The standard InChI is InChI=1S/C24H12ClFO5/c25-15-3-8-19-14(10-15)11-22(30-19)24(28)29-17-6-7-18-20(12-17)31-21(23(18)27)9-13-1-4-16(26)5-2-13/h1-12H/b21-9-. The summed E-state index contributed by atoms with van der Waals surface area (Å²) < 4.78 is 29.6. The summed E-state index contributed by atoms with van der Waals surface area (Å²) >= 11 is 5.95. The Morgan fingerprint density at radius 3 is 2.61 bits per heavy atom. The van der Waals surface area contributed by atoms with E-state index in [1.165, 1.54) is 48.5 Å². The molecule has 0 saturated heterocycles. The quantitative estimate of drug-likeness (QED) is 0.223. The van der Waals surface area contributed by atoms with Gasteiger partial charge in [-0.1, -0.05) is 23.7 Å². The number of carbonyl (C=O) groups is 2. The molecule has 0 radical (unpaired) electrons. The second kappa shape index (κ2) is 7.41. The Morgan fingerprint density at radius 2 is 1.81 bits per heavy atom. The van der Waals surface area contributed by atoms with Crippen LogP contribution in [0, 0.1) is 5.82 Å². The van der Waals surface area contributed by atoms with E-state index in [0.717, 1.165) is 0 Å². The van der Waals surface area contributed by atoms with Crippen LogP contribution < -0.4 is 9.47 Å². The highest BCUT2D eigenvalue weighted by Gasteiger charge is 2.28. The van der Waals surface area contributed by atoms with Crippen LogP contribution >= 0.6 is 11.6 Å². The molecule has 152 valence electrons. The predicted octanol–water partition coefficient (Wildman–Crippen LogP) is 6.06. The van der Waals surface area contributed by atoms with Crippen molar-refractivity contribution in [1.29, 1.82) is 0 Å². The maximum absolute atomic E-state index is 13.1. The van der Waals surface area contributed by atoms with Gasteiger partial charge in [0.25, 0.3) is 0 Å². The lowest BCUT2D eigenvalue weighted by molar-refractivity contribution is 0.0703. The molecule has 5 rings (SSSR count). The highest BCUT2D eigenvalue weighted by molar-refractivity contribution is 6.31. The average molecular weight is 435 g/mol. The third kappa shape index (κ3) is 3.69. The van der Waals surface area contributed by atoms with Crippen molar-refractivity contribution in [3.63, 3.8) is 0 Å². The van der Waals surface area contributed by atoms with Crippen LogP contribution in [0.1, 0.15) is 26.5 Å². The number of benzene rings is 3. The Hall–Kier alpha value is -3.90. The monoisotopic (exact) mass is 434 g/mol. The number of furan rings is 1. The van der Waals surface area contributed by atoms with Gasteiger partial charge in [0.05, 0.1) is 5.56 Å². The summed E-state index contributed by atoms with van der Waals surface area (Å²) in [6.45, 7) is 0. The second-order valence-electron chi connectivity index (χ2n) is 6.83. The lowest BCUT2D eigenvalue weighted by Crippen LogP contribution is -2.07. The van der Waals surface area contributed by atoms with Crippen molar-refractivity contribution in [3.05, 3.63) is 100 Å². The van der Waals surface area contributed by atoms with Crippen molar-refractivity contribution in [2.75, 3.05) is 0 Å². The van der Waals surface area contributed by atoms with Crippen LogP contribution in [-0.4, -0.2) is 11.8 Å². The Kier molecular flexibility index (Phi) is 4.56. The minimum absolute atomic E-state index is 0.0201. The van der Waals surface area contributed by atoms with Crippen molar-refractivity contribution in [1.82, 2.24) is 0 Å². The summed E-state index contributed by atoms with van der Waals surface area (Å²) in [6.07, 6.45) is 1.52. The van der Waals surface area contributed by atoms with Crippen LogP contribution in [0.4, 0.5) is 4.39 Å². The van der Waals surface area contributed by atoms with Crippen molar-refractivity contribution < 1.29 is 27.9 Å². The number of hydrogen-bond acceptors (Lipinski definition) is 5. The van der Waals surface area contributed by atoms with Gasteiger partial charge in [0, 0.05) is 16.5 Å². The number of fused-ring (bicyclic) bond motifs is 2. The van der Waals surface area contributed by atoms with E-state index in [1.54, 1.807) is 24.3 Å². The summed E-state index contributed by atoms with van der Waals surface area (Å²) in [5.74, 6) is -0.808. The van der Waals surface area contributed by atoms with Gasteiger partial charge < -0.3 is 13.9 Å². The Morgan fingerprint density at radius 1 is 1.00 bits per heavy atom. The van der Waals surface area contributed by atoms with E-state index in [2.05, 4.69) is 0 Å². The molecule has 0 bridgehead atoms. The Balaban J connectivity index is 1.37. The molecule has 4 aromatic rings. The van der Waals surface area contributed by atoms with Gasteiger partial charge in [-0.25, -0.2) is 9.18 Å². The van der Waals surface area contributed by atoms with E-state index in [-0.39, 0.29) is 34.6 Å². The molecule has 0 fully saturated rings. The van der Waals surface area contributed by atoms with Crippen LogP contribution in [-0.2, 0) is 0 Å². The summed E-state index contributed by atoms with van der Waals surface area (Å²) in [5, 5.41) is 1.20. The normalized spacial score (nSPS) is 14.0. The fourth-order valence-corrected chi connectivity index (χ4v) is 3.39. The topological polar surface area (TPSA) is 65.7 Å². The minimum Gasteiger partial charge on any atom is -0.452 e. The number of rotatable bonds is 3. The fourth-order valence-electron chi connectivity index (χ4n) is 3.21. The van der Waals surface area contributed by atoms with E-state index in [1.807, 2.05) is 0 Å². The molecule has 5 nitrogen and oxygen atoms in total. The van der Waals surface area contributed by atoms with Crippen LogP contribution in [0.15, 0.2) is 76.9 Å². The van der Waals surface area contributed by atoms with Gasteiger partial charge in [-0.3, -0.25) is 4.79 Å². The number of halogens is 2. The Bertz CT molecular complexity index is 1390. The molecule has 0 spiro atoms. The van der Waals surface area contributed by atoms with Gasteiger partial charge in [0.2, 0.25) is 11.5 Å². The first-order chi connectivity index (χ1) is 15.0. The molecule has 1 aromatic heterocycles. The van der Waals surface area contributed by atoms with Crippen LogP contribution in [0.5, 0.6) is 11.5 Å². The van der Waals surface area contributed by atoms with E-state index in [4.69, 9.17) is 25.5 Å². The number of carbonyl (C=O) groups excluding carboxylic acids is 2. The van der Waals surface area contributed by atoms with Gasteiger partial charge in [0.1, 0.15) is 22.9 Å². The molecular formula is C24H12ClFO5. The molecule has 31 heavy (non-hydrogen) atoms. The largest absolute Gasteiger partial charge is 0.452 e. The van der Waals surface area contributed by atoms with Gasteiger partial charge in [-0.15, -0.1) is 0 Å². The number of allylic oxidation sites excluding steroid dienone is 1. The highest BCUT2D eigenvalue weighted by atomic mass is 35.5. The summed E-state index contributed by atoms with van der Waals surface area (Å²) in [7, 11) is 0. The predicted molar refractivity (Wildman–Crippen MR) is 112 cm³/mol. The molecule has 0 saturated carbocycles. The molecule has 1 aliphatic rings. The van der Waals surface area contributed by atoms with Crippen molar-refractivity contribution in [2.45, 2.75) is 0 Å². The van der Waals surface area contributed by atoms with Gasteiger partial charge in [-0.2, -0.15) is 0 Å². The first-order valence-electron chi connectivity index (χ1n) is 9.21. The molecule has 1 aliphatic heterocycles. The first-order valence-corrected chi connectivity index (χ1v) is 9.59. The highest BCUT2D eigenvalue weighted by Crippen LogP contribution is 2.35. The first kappa shape index (κ1) is 19.1. The van der Waals surface area contributed by atoms with Crippen molar-refractivity contribution >= 4 is 40.4 Å². The van der Waals surface area contributed by atoms with E-state index < -0.39 is 5.97 Å². The number of hydrogen-bond donors (Lipinski definition) is 0. The number of ether oxygens (including phenoxy) is 2. The smallest absolute Gasteiger partial charge is 0.379 e. The molecule has 0 N–H and O–H groups in total. The zero-order chi connectivity index (χ0) is 21.5. The summed E-state index contributed by atoms with van der Waals surface area (Å²) in [4.78, 5) is 25.0. The molecule has 0 aliphatic carbocycles. The van der Waals surface area contributed by atoms with E-state index in [0.29, 0.717) is 27.1 Å². The fraction of sp³-hybridized carbons (Fsp3) is 0. The SMILES string of the molecule is O=C(Oc1ccc2c(c1)O/C(=C\c1ccc(F)cc1)C2=O)c1cc2cc(Cl)ccc2o1. The molecule has 0 amide bonds. The van der Waals surface area contributed by atoms with Gasteiger partial charge in [0.15, 0.2) is 5.76 Å². The van der Waals surface area contributed by atoms with E-state index >= 15 is 0 Å². The lowest BCUT2D eigenvalue weighted by Gasteiger charge is -2.04. The average Bonchev–Trinajstić information content (AvgIpc) is 3.30. The van der Waals surface area contributed by atoms with Crippen LogP contribution in [0.25, 0.3) is 17.0 Å². The molecular weight excluding hydrogens is 423 g/mol. The second-order valence-corrected chi connectivity index (χ2v) is 7.27. The van der Waals surface area contributed by atoms with Crippen LogP contribution in [0.3, 0.4) is 0 Å². The maximum atomic E-state index is 13.1. The zero-order valence-electron chi connectivity index (χ0n) is 15.7. The molecule has 2 heterocycles. The third-order valence-electron chi connectivity index (χ3n) is 4.70. The number of ketones is 1. The maximum Gasteiger partial charge on any atom is 0.379 e.